The summed E-state index contributed by atoms with van der Waals surface area (Å²) in [7, 11) is 1.82. The van der Waals surface area contributed by atoms with Crippen LogP contribution < -0.4 is 10.1 Å². The van der Waals surface area contributed by atoms with Crippen LogP contribution in [0.15, 0.2) is 12.1 Å². The topological polar surface area (TPSA) is 41.5 Å². The molecule has 0 spiro atoms. The van der Waals surface area contributed by atoms with Crippen molar-refractivity contribution in [3.8, 4) is 5.75 Å². The molecule has 5 heteroatoms. The second kappa shape index (κ2) is 7.07. The van der Waals surface area contributed by atoms with Gasteiger partial charge in [-0.2, -0.15) is 0 Å². The highest BCUT2D eigenvalue weighted by atomic mass is 35.5. The molecule has 1 aromatic rings. The van der Waals surface area contributed by atoms with Crippen LogP contribution in [0.4, 0.5) is 0 Å². The molecular formula is C12H17Cl2NO2. The lowest BCUT2D eigenvalue weighted by Gasteiger charge is -2.20. The quantitative estimate of drug-likeness (QED) is 0.840. The van der Waals surface area contributed by atoms with Crippen LogP contribution in [-0.4, -0.2) is 25.4 Å². The van der Waals surface area contributed by atoms with E-state index in [0.717, 1.165) is 5.56 Å². The zero-order valence-electron chi connectivity index (χ0n) is 9.96. The third kappa shape index (κ3) is 3.75. The Balaban J connectivity index is 3.17. The van der Waals surface area contributed by atoms with Crippen molar-refractivity contribution in [3.63, 3.8) is 0 Å². The fourth-order valence-corrected chi connectivity index (χ4v) is 2.28. The fraction of sp³-hybridized carbons (Fsp3) is 0.500. The lowest BCUT2D eigenvalue weighted by molar-refractivity contribution is 0.265. The smallest absolute Gasteiger partial charge is 0.142 e. The predicted octanol–water partition coefficient (Wildman–Crippen LogP) is 3.04. The minimum Gasteiger partial charge on any atom is -0.492 e. The summed E-state index contributed by atoms with van der Waals surface area (Å²) in [5.74, 6) is 0.631. The van der Waals surface area contributed by atoms with E-state index in [4.69, 9.17) is 33.0 Å². The Morgan fingerprint density at radius 1 is 1.41 bits per heavy atom. The summed E-state index contributed by atoms with van der Waals surface area (Å²) >= 11 is 12.1. The highest BCUT2D eigenvalue weighted by Gasteiger charge is 2.18. The van der Waals surface area contributed by atoms with Crippen molar-refractivity contribution < 1.29 is 9.84 Å². The normalized spacial score (nSPS) is 12.5. The average molecular weight is 278 g/mol. The molecule has 0 aliphatic carbocycles. The molecule has 1 atom stereocenters. The molecule has 96 valence electrons. The van der Waals surface area contributed by atoms with Gasteiger partial charge < -0.3 is 15.2 Å². The standard InChI is InChI=1S/C12H17Cl2NO2/c1-3-17-12-9(11(15-2)4-5-16)6-8(13)7-10(12)14/h6-7,11,15-16H,3-5H2,1-2H3. The molecule has 3 nitrogen and oxygen atoms in total. The number of nitrogens with one attached hydrogen (secondary N) is 1. The van der Waals surface area contributed by atoms with E-state index in [2.05, 4.69) is 5.32 Å². The molecule has 0 saturated heterocycles. The molecule has 0 amide bonds. The molecular weight excluding hydrogens is 261 g/mol. The first-order chi connectivity index (χ1) is 8.13. The van der Waals surface area contributed by atoms with Crippen molar-refractivity contribution in [2.24, 2.45) is 0 Å². The number of benzene rings is 1. The van der Waals surface area contributed by atoms with Gasteiger partial charge in [0, 0.05) is 23.2 Å². The zero-order valence-corrected chi connectivity index (χ0v) is 11.5. The predicted molar refractivity (Wildman–Crippen MR) is 71.1 cm³/mol. The van der Waals surface area contributed by atoms with Crippen molar-refractivity contribution in [2.45, 2.75) is 19.4 Å². The van der Waals surface area contributed by atoms with Crippen LogP contribution in [0, 0.1) is 0 Å². The largest absolute Gasteiger partial charge is 0.492 e. The first-order valence-corrected chi connectivity index (χ1v) is 6.29. The maximum atomic E-state index is 9.04. The highest BCUT2D eigenvalue weighted by Crippen LogP contribution is 2.36. The molecule has 1 unspecified atom stereocenters. The van der Waals surface area contributed by atoms with Gasteiger partial charge in [0.25, 0.3) is 0 Å². The molecule has 1 rings (SSSR count). The number of aliphatic hydroxyl groups is 1. The van der Waals surface area contributed by atoms with Gasteiger partial charge in [0.05, 0.1) is 11.6 Å². The van der Waals surface area contributed by atoms with Crippen molar-refractivity contribution in [3.05, 3.63) is 27.7 Å². The van der Waals surface area contributed by atoms with Gasteiger partial charge in [-0.05, 0) is 32.5 Å². The van der Waals surface area contributed by atoms with Crippen LogP contribution in [0.25, 0.3) is 0 Å². The Labute approximate surface area is 112 Å². The van der Waals surface area contributed by atoms with Crippen LogP contribution in [0.1, 0.15) is 24.9 Å². The molecule has 0 bridgehead atoms. The molecule has 0 saturated carbocycles. The maximum absolute atomic E-state index is 9.04. The van der Waals surface area contributed by atoms with Crippen LogP contribution in [0.3, 0.4) is 0 Å². The summed E-state index contributed by atoms with van der Waals surface area (Å²) in [5, 5.41) is 13.2. The van der Waals surface area contributed by atoms with Gasteiger partial charge in [0.15, 0.2) is 0 Å². The van der Waals surface area contributed by atoms with Crippen LogP contribution in [0.5, 0.6) is 5.75 Å². The lowest BCUT2D eigenvalue weighted by atomic mass is 10.0. The van der Waals surface area contributed by atoms with Gasteiger partial charge >= 0.3 is 0 Å². The number of halogens is 2. The van der Waals surface area contributed by atoms with Crippen molar-refractivity contribution in [1.29, 1.82) is 0 Å². The maximum Gasteiger partial charge on any atom is 0.142 e. The molecule has 0 aliphatic rings. The van der Waals surface area contributed by atoms with Crippen LogP contribution in [-0.2, 0) is 0 Å². The number of hydrogen-bond donors (Lipinski definition) is 2. The zero-order chi connectivity index (χ0) is 12.8. The fourth-order valence-electron chi connectivity index (χ4n) is 1.72. The number of ether oxygens (including phenoxy) is 1. The molecule has 0 aliphatic heterocycles. The van der Waals surface area contributed by atoms with E-state index in [0.29, 0.717) is 28.8 Å². The third-order valence-corrected chi connectivity index (χ3v) is 2.97. The summed E-state index contributed by atoms with van der Waals surface area (Å²) in [6, 6.07) is 3.44. The van der Waals surface area contributed by atoms with E-state index in [-0.39, 0.29) is 12.6 Å². The van der Waals surface area contributed by atoms with E-state index in [1.165, 1.54) is 0 Å². The van der Waals surface area contributed by atoms with Gasteiger partial charge in [-0.15, -0.1) is 0 Å². The highest BCUT2D eigenvalue weighted by molar-refractivity contribution is 6.35. The summed E-state index contributed by atoms with van der Waals surface area (Å²) < 4.78 is 5.54. The van der Waals surface area contributed by atoms with Gasteiger partial charge in [0.2, 0.25) is 0 Å². The Morgan fingerprint density at radius 3 is 2.65 bits per heavy atom. The van der Waals surface area contributed by atoms with Gasteiger partial charge in [-0.25, -0.2) is 0 Å². The summed E-state index contributed by atoms with van der Waals surface area (Å²) in [6.45, 7) is 2.51. The van der Waals surface area contributed by atoms with Gasteiger partial charge in [-0.1, -0.05) is 23.2 Å². The minimum atomic E-state index is -0.0299. The van der Waals surface area contributed by atoms with E-state index >= 15 is 0 Å². The van der Waals surface area contributed by atoms with Gasteiger partial charge in [0.1, 0.15) is 5.75 Å². The van der Waals surface area contributed by atoms with E-state index < -0.39 is 0 Å². The Kier molecular flexibility index (Phi) is 6.06. The number of rotatable bonds is 6. The number of hydrogen-bond acceptors (Lipinski definition) is 3. The van der Waals surface area contributed by atoms with Crippen molar-refractivity contribution in [1.82, 2.24) is 5.32 Å². The summed E-state index contributed by atoms with van der Waals surface area (Å²) in [6.07, 6.45) is 0.577. The van der Waals surface area contributed by atoms with Crippen LogP contribution in [0.2, 0.25) is 10.0 Å². The Bertz CT molecular complexity index is 372. The monoisotopic (exact) mass is 277 g/mol. The molecule has 0 heterocycles. The third-order valence-electron chi connectivity index (χ3n) is 2.47. The van der Waals surface area contributed by atoms with E-state index in [1.807, 2.05) is 20.0 Å². The minimum absolute atomic E-state index is 0.0299. The first-order valence-electron chi connectivity index (χ1n) is 5.53. The molecule has 1 aromatic carbocycles. The molecule has 2 N–H and O–H groups in total. The average Bonchev–Trinajstić information content (AvgIpc) is 2.29. The Morgan fingerprint density at radius 2 is 2.12 bits per heavy atom. The molecule has 0 radical (unpaired) electrons. The SMILES string of the molecule is CCOc1c(Cl)cc(Cl)cc1C(CCO)NC. The first kappa shape index (κ1) is 14.6. The Hall–Kier alpha value is -0.480. The van der Waals surface area contributed by atoms with Crippen molar-refractivity contribution >= 4 is 23.2 Å². The van der Waals surface area contributed by atoms with Crippen molar-refractivity contribution in [2.75, 3.05) is 20.3 Å². The number of aliphatic hydroxyl groups excluding tert-OH is 1. The lowest BCUT2D eigenvalue weighted by Crippen LogP contribution is -2.18. The van der Waals surface area contributed by atoms with E-state index in [9.17, 15) is 0 Å². The van der Waals surface area contributed by atoms with Gasteiger partial charge in [-0.3, -0.25) is 0 Å². The second-order valence-electron chi connectivity index (χ2n) is 3.59. The summed E-state index contributed by atoms with van der Waals surface area (Å²) in [5.41, 5.74) is 0.876. The summed E-state index contributed by atoms with van der Waals surface area (Å²) in [4.78, 5) is 0. The molecule has 17 heavy (non-hydrogen) atoms. The van der Waals surface area contributed by atoms with E-state index in [1.54, 1.807) is 6.07 Å². The molecule has 0 aromatic heterocycles. The second-order valence-corrected chi connectivity index (χ2v) is 4.44. The van der Waals surface area contributed by atoms with Crippen LogP contribution >= 0.6 is 23.2 Å². The molecule has 0 fully saturated rings.